The number of rotatable bonds is 6. The van der Waals surface area contributed by atoms with Crippen LogP contribution in [0.1, 0.15) is 56.3 Å². The van der Waals surface area contributed by atoms with E-state index in [1.807, 2.05) is 31.2 Å². The fourth-order valence-electron chi connectivity index (χ4n) is 5.69. The smallest absolute Gasteiger partial charge is 0.317 e. The van der Waals surface area contributed by atoms with Gasteiger partial charge in [0.25, 0.3) is 5.56 Å². The molecule has 1 saturated carbocycles. The lowest BCUT2D eigenvalue weighted by atomic mass is 9.88. The van der Waals surface area contributed by atoms with Gasteiger partial charge in [0.1, 0.15) is 5.82 Å². The molecule has 38 heavy (non-hydrogen) atoms. The monoisotopic (exact) mass is 510 g/mol. The van der Waals surface area contributed by atoms with Crippen molar-refractivity contribution in [1.29, 1.82) is 0 Å². The average Bonchev–Trinajstić information content (AvgIpc) is 3.62. The van der Waals surface area contributed by atoms with Crippen LogP contribution in [-0.4, -0.2) is 39.3 Å². The van der Waals surface area contributed by atoms with E-state index in [1.54, 1.807) is 7.05 Å². The lowest BCUT2D eigenvalue weighted by molar-refractivity contribution is 0.420. The normalized spacial score (nSPS) is 14.4. The molecule has 1 aliphatic rings. The summed E-state index contributed by atoms with van der Waals surface area (Å²) in [7, 11) is 1.70. The van der Waals surface area contributed by atoms with E-state index in [0.29, 0.717) is 30.1 Å². The van der Waals surface area contributed by atoms with Gasteiger partial charge in [-0.2, -0.15) is 0 Å². The number of benzene rings is 2. The maximum Gasteiger partial charge on any atom is 0.332 e. The number of aryl methyl sites for hydroxylation is 1. The Bertz CT molecular complexity index is 1710. The van der Waals surface area contributed by atoms with Crippen LogP contribution in [0.3, 0.4) is 0 Å². The number of fused-ring (bicyclic) bond motifs is 1. The predicted molar refractivity (Wildman–Crippen MR) is 145 cm³/mol. The second-order valence-electron chi connectivity index (χ2n) is 9.95. The minimum absolute atomic E-state index is 0.272. The standard InChI is InChI=1S/C28H30N8O2/c1-3-35-27(37)23-26(34(2)28(35)38)29-25(20-9-5-4-6-10-20)36(23)17-18-13-15-19(16-14-18)21-11-7-8-12-22(21)24-30-32-33-31-24/h7-8,11-16,20H,3-6,9-10,17H2,1-2H3,(H,30,31,32,33). The van der Waals surface area contributed by atoms with Gasteiger partial charge in [0.2, 0.25) is 0 Å². The third-order valence-corrected chi connectivity index (χ3v) is 7.68. The Hall–Kier alpha value is -4.34. The van der Waals surface area contributed by atoms with E-state index in [2.05, 4.69) is 49.5 Å². The Morgan fingerprint density at radius 2 is 1.68 bits per heavy atom. The molecule has 0 amide bonds. The molecule has 1 aliphatic carbocycles. The summed E-state index contributed by atoms with van der Waals surface area (Å²) >= 11 is 0. The van der Waals surface area contributed by atoms with Crippen molar-refractivity contribution in [1.82, 2.24) is 39.3 Å². The Morgan fingerprint density at radius 3 is 2.37 bits per heavy atom. The molecule has 0 spiro atoms. The fraction of sp³-hybridized carbons (Fsp3) is 0.357. The molecule has 10 nitrogen and oxygen atoms in total. The molecule has 0 saturated heterocycles. The summed E-state index contributed by atoms with van der Waals surface area (Å²) in [6, 6.07) is 16.3. The Morgan fingerprint density at radius 1 is 0.947 bits per heavy atom. The maximum atomic E-state index is 13.5. The van der Waals surface area contributed by atoms with E-state index in [0.717, 1.165) is 53.8 Å². The summed E-state index contributed by atoms with van der Waals surface area (Å²) in [5.74, 6) is 1.81. The highest BCUT2D eigenvalue weighted by Crippen LogP contribution is 2.34. The molecule has 6 rings (SSSR count). The molecule has 0 bridgehead atoms. The van der Waals surface area contributed by atoms with Gasteiger partial charge in [-0.15, -0.1) is 5.10 Å². The zero-order valence-corrected chi connectivity index (χ0v) is 21.6. The van der Waals surface area contributed by atoms with E-state index >= 15 is 0 Å². The highest BCUT2D eigenvalue weighted by Gasteiger charge is 2.26. The van der Waals surface area contributed by atoms with Crippen LogP contribution in [0.4, 0.5) is 0 Å². The summed E-state index contributed by atoms with van der Waals surface area (Å²) in [5.41, 5.74) is 4.42. The number of H-pyrrole nitrogens is 1. The van der Waals surface area contributed by atoms with E-state index in [-0.39, 0.29) is 17.2 Å². The van der Waals surface area contributed by atoms with Gasteiger partial charge in [-0.3, -0.25) is 13.9 Å². The van der Waals surface area contributed by atoms with Crippen molar-refractivity contribution < 1.29 is 0 Å². The molecule has 1 fully saturated rings. The van der Waals surface area contributed by atoms with Gasteiger partial charge in [-0.1, -0.05) is 67.8 Å². The van der Waals surface area contributed by atoms with E-state index < -0.39 is 0 Å². The average molecular weight is 511 g/mol. The number of imidazole rings is 1. The number of aromatic nitrogens is 8. The first-order valence-electron chi connectivity index (χ1n) is 13.2. The van der Waals surface area contributed by atoms with Crippen LogP contribution in [0.15, 0.2) is 58.1 Å². The molecule has 3 heterocycles. The van der Waals surface area contributed by atoms with Gasteiger partial charge >= 0.3 is 5.69 Å². The van der Waals surface area contributed by atoms with E-state index in [9.17, 15) is 9.59 Å². The Kier molecular flexibility index (Phi) is 6.22. The number of tetrazole rings is 1. The number of nitrogens with one attached hydrogen (secondary N) is 1. The lowest BCUT2D eigenvalue weighted by Crippen LogP contribution is -2.39. The molecule has 194 valence electrons. The molecule has 1 N–H and O–H groups in total. The molecular formula is C28H30N8O2. The quantitative estimate of drug-likeness (QED) is 0.371. The lowest BCUT2D eigenvalue weighted by Gasteiger charge is -2.22. The SMILES string of the molecule is CCn1c(=O)c2c(nc(C3CCCCC3)n2Cc2ccc(-c3ccccc3-c3nnn[nH]3)cc2)n(C)c1=O. The van der Waals surface area contributed by atoms with Crippen LogP contribution < -0.4 is 11.2 Å². The molecule has 2 aromatic carbocycles. The minimum Gasteiger partial charge on any atom is -0.317 e. The second-order valence-corrected chi connectivity index (χ2v) is 9.95. The van der Waals surface area contributed by atoms with Crippen molar-refractivity contribution >= 4 is 11.2 Å². The Balaban J connectivity index is 1.43. The first kappa shape index (κ1) is 24.0. The molecule has 0 radical (unpaired) electrons. The highest BCUT2D eigenvalue weighted by atomic mass is 16.2. The maximum absolute atomic E-state index is 13.5. The predicted octanol–water partition coefficient (Wildman–Crippen LogP) is 3.86. The van der Waals surface area contributed by atoms with Crippen molar-refractivity contribution in [3.63, 3.8) is 0 Å². The number of nitrogens with zero attached hydrogens (tertiary/aromatic N) is 7. The zero-order valence-electron chi connectivity index (χ0n) is 21.6. The van der Waals surface area contributed by atoms with Gasteiger partial charge < -0.3 is 4.57 Å². The highest BCUT2D eigenvalue weighted by molar-refractivity contribution is 5.80. The largest absolute Gasteiger partial charge is 0.332 e. The van der Waals surface area contributed by atoms with Crippen molar-refractivity contribution in [3.8, 4) is 22.5 Å². The van der Waals surface area contributed by atoms with Crippen LogP contribution in [0.25, 0.3) is 33.7 Å². The Labute approximate surface area is 219 Å². The summed E-state index contributed by atoms with van der Waals surface area (Å²) < 4.78 is 4.87. The molecule has 0 unspecified atom stereocenters. The van der Waals surface area contributed by atoms with Crippen molar-refractivity contribution in [2.24, 2.45) is 7.05 Å². The van der Waals surface area contributed by atoms with Crippen LogP contribution in [0, 0.1) is 0 Å². The van der Waals surface area contributed by atoms with Gasteiger partial charge in [0, 0.05) is 31.6 Å². The molecule has 5 aromatic rings. The first-order valence-corrected chi connectivity index (χ1v) is 13.2. The molecule has 0 aliphatic heterocycles. The van der Waals surface area contributed by atoms with Crippen LogP contribution in [0.2, 0.25) is 0 Å². The topological polar surface area (TPSA) is 116 Å². The van der Waals surface area contributed by atoms with Crippen molar-refractivity contribution in [2.75, 3.05) is 0 Å². The van der Waals surface area contributed by atoms with E-state index in [4.69, 9.17) is 4.98 Å². The van der Waals surface area contributed by atoms with Crippen LogP contribution in [0.5, 0.6) is 0 Å². The number of hydrogen-bond acceptors (Lipinski definition) is 6. The molecule has 3 aromatic heterocycles. The van der Waals surface area contributed by atoms with Crippen LogP contribution in [-0.2, 0) is 20.1 Å². The minimum atomic E-state index is -0.324. The zero-order chi connectivity index (χ0) is 26.2. The summed E-state index contributed by atoms with van der Waals surface area (Å²) in [5, 5.41) is 14.3. The van der Waals surface area contributed by atoms with Gasteiger partial charge in [-0.25, -0.2) is 14.9 Å². The summed E-state index contributed by atoms with van der Waals surface area (Å²) in [6.45, 7) is 2.65. The number of hydrogen-bond donors (Lipinski definition) is 1. The second kappa shape index (κ2) is 9.85. The first-order chi connectivity index (χ1) is 18.6. The molecule has 10 heteroatoms. The fourth-order valence-corrected chi connectivity index (χ4v) is 5.69. The van der Waals surface area contributed by atoms with Gasteiger partial charge in [-0.05, 0) is 46.9 Å². The van der Waals surface area contributed by atoms with Crippen molar-refractivity contribution in [2.45, 2.75) is 58.0 Å². The summed E-state index contributed by atoms with van der Waals surface area (Å²) in [4.78, 5) is 31.3. The van der Waals surface area contributed by atoms with Crippen LogP contribution >= 0.6 is 0 Å². The molecular weight excluding hydrogens is 480 g/mol. The number of aromatic amines is 1. The molecule has 0 atom stereocenters. The van der Waals surface area contributed by atoms with Gasteiger partial charge in [0.05, 0.1) is 0 Å². The van der Waals surface area contributed by atoms with Crippen molar-refractivity contribution in [3.05, 3.63) is 80.8 Å². The third kappa shape index (κ3) is 4.06. The van der Waals surface area contributed by atoms with E-state index in [1.165, 1.54) is 15.6 Å². The third-order valence-electron chi connectivity index (χ3n) is 7.68. The van der Waals surface area contributed by atoms with Gasteiger partial charge in [0.15, 0.2) is 17.0 Å². The summed E-state index contributed by atoms with van der Waals surface area (Å²) in [6.07, 6.45) is 5.63.